The Kier molecular flexibility index (Phi) is 4.59. The fourth-order valence-corrected chi connectivity index (χ4v) is 3.52. The summed E-state index contributed by atoms with van der Waals surface area (Å²) in [6.45, 7) is 3.63. The van der Waals surface area contributed by atoms with Gasteiger partial charge in [-0.1, -0.05) is 12.1 Å². The molecule has 0 saturated heterocycles. The van der Waals surface area contributed by atoms with Crippen LogP contribution in [0.2, 0.25) is 0 Å². The van der Waals surface area contributed by atoms with E-state index < -0.39 is 10.8 Å². The van der Waals surface area contributed by atoms with Crippen LogP contribution in [0.5, 0.6) is 5.75 Å². The topological polar surface area (TPSA) is 99.3 Å². The summed E-state index contributed by atoms with van der Waals surface area (Å²) >= 11 is 0. The Balaban J connectivity index is 1.90. The van der Waals surface area contributed by atoms with Crippen LogP contribution in [-0.2, 0) is 23.2 Å². The third-order valence-electron chi connectivity index (χ3n) is 3.71. The number of pyridine rings is 2. The van der Waals surface area contributed by atoms with Crippen LogP contribution in [0.25, 0.3) is 11.2 Å². The number of hydrogen-bond donors (Lipinski definition) is 1. The number of methoxy groups -OCH3 is 1. The van der Waals surface area contributed by atoms with Gasteiger partial charge in [0.2, 0.25) is 0 Å². The minimum Gasteiger partial charge on any atom is -0.496 e. The van der Waals surface area contributed by atoms with Crippen molar-refractivity contribution in [1.29, 1.82) is 0 Å². The van der Waals surface area contributed by atoms with Crippen LogP contribution < -0.4 is 9.72 Å². The van der Waals surface area contributed by atoms with Gasteiger partial charge in [0, 0.05) is 28.5 Å². The Morgan fingerprint density at radius 2 is 2.08 bits per heavy atom. The molecule has 0 radical (unpaired) electrons. The number of fused-ring (bicyclic) bond motifs is 1. The van der Waals surface area contributed by atoms with Crippen molar-refractivity contribution in [3.8, 4) is 5.75 Å². The molecule has 0 spiro atoms. The van der Waals surface area contributed by atoms with E-state index in [2.05, 4.69) is 19.9 Å². The first-order chi connectivity index (χ1) is 11.5. The maximum absolute atomic E-state index is 12.6. The van der Waals surface area contributed by atoms with E-state index >= 15 is 0 Å². The third-order valence-corrected chi connectivity index (χ3v) is 4.84. The van der Waals surface area contributed by atoms with Crippen molar-refractivity contribution in [2.45, 2.75) is 31.4 Å². The highest BCUT2D eigenvalue weighted by Gasteiger charge is 2.13. The zero-order valence-corrected chi connectivity index (χ0v) is 14.4. The highest BCUT2D eigenvalue weighted by Crippen LogP contribution is 2.25. The zero-order chi connectivity index (χ0) is 17.3. The summed E-state index contributed by atoms with van der Waals surface area (Å²) in [5, 5.41) is 9.34. The normalized spacial score (nSPS) is 12.5. The molecule has 7 nitrogen and oxygen atoms in total. The van der Waals surface area contributed by atoms with E-state index in [0.29, 0.717) is 22.6 Å². The van der Waals surface area contributed by atoms with Crippen LogP contribution in [0.3, 0.4) is 0 Å². The molecule has 1 unspecified atom stereocenters. The third kappa shape index (κ3) is 3.02. The number of nitrogens with zero attached hydrogens (tertiary/aromatic N) is 4. The lowest BCUT2D eigenvalue weighted by Gasteiger charge is -2.12. The lowest BCUT2D eigenvalue weighted by Crippen LogP contribution is -2.05. The molecule has 24 heavy (non-hydrogen) atoms. The molecule has 126 valence electrons. The summed E-state index contributed by atoms with van der Waals surface area (Å²) in [6, 6.07) is 3.38. The number of imidazole rings is 1. The Hall–Kier alpha value is -2.32. The van der Waals surface area contributed by atoms with Crippen LogP contribution in [0, 0.1) is 13.8 Å². The summed E-state index contributed by atoms with van der Waals surface area (Å²) in [5.41, 5.74) is 3.93. The Morgan fingerprint density at radius 1 is 1.29 bits per heavy atom. The quantitative estimate of drug-likeness (QED) is 0.746. The van der Waals surface area contributed by atoms with Crippen LogP contribution in [0.15, 0.2) is 23.5 Å². The first kappa shape index (κ1) is 16.5. The number of aromatic nitrogens is 4. The van der Waals surface area contributed by atoms with Crippen molar-refractivity contribution in [3.63, 3.8) is 0 Å². The van der Waals surface area contributed by atoms with E-state index in [1.54, 1.807) is 25.4 Å². The Labute approximate surface area is 141 Å². The second-order valence-corrected chi connectivity index (χ2v) is 6.69. The summed E-state index contributed by atoms with van der Waals surface area (Å²) < 4.78 is 18.0. The highest BCUT2D eigenvalue weighted by atomic mass is 32.2. The van der Waals surface area contributed by atoms with E-state index in [-0.39, 0.29) is 17.5 Å². The molecule has 0 bridgehead atoms. The predicted molar refractivity (Wildman–Crippen MR) is 89.2 cm³/mol. The smallest absolute Gasteiger partial charge is 0.128 e. The molecule has 3 rings (SSSR count). The minimum atomic E-state index is -1.45. The monoisotopic (exact) mass is 345 g/mol. The molecule has 0 aliphatic carbocycles. The molecule has 1 N–H and O–H groups in total. The van der Waals surface area contributed by atoms with Gasteiger partial charge in [-0.2, -0.15) is 0 Å². The van der Waals surface area contributed by atoms with Gasteiger partial charge in [-0.15, -0.1) is 0 Å². The zero-order valence-electron chi connectivity index (χ0n) is 13.6. The first-order valence-corrected chi connectivity index (χ1v) is 8.64. The fourth-order valence-electron chi connectivity index (χ4n) is 2.46. The molecule has 0 saturated carbocycles. The second-order valence-electron chi connectivity index (χ2n) is 5.35. The van der Waals surface area contributed by atoms with Gasteiger partial charge in [0.15, 0.2) is 0 Å². The molecule has 0 aromatic carbocycles. The molecular weight excluding hydrogens is 328 g/mol. The average Bonchev–Trinajstić information content (AvgIpc) is 3.01. The maximum Gasteiger partial charge on any atom is 0.128 e. The lowest BCUT2D eigenvalue weighted by atomic mass is 10.1. The molecule has 3 aromatic heterocycles. The van der Waals surface area contributed by atoms with E-state index in [9.17, 15) is 4.21 Å². The van der Waals surface area contributed by atoms with Gasteiger partial charge in [-0.05, 0) is 19.5 Å². The van der Waals surface area contributed by atoms with Crippen molar-refractivity contribution < 1.29 is 14.1 Å². The molecule has 1 atom stereocenters. The average molecular weight is 345 g/mol. The maximum atomic E-state index is 12.6. The molecule has 8 heteroatoms. The van der Waals surface area contributed by atoms with Gasteiger partial charge >= 0.3 is 0 Å². The molecule has 0 aliphatic rings. The number of aliphatic hydroxyl groups excluding tert-OH is 1. The van der Waals surface area contributed by atoms with Gasteiger partial charge in [0.05, 0.1) is 41.1 Å². The predicted octanol–water partition coefficient (Wildman–Crippen LogP) is 1.41. The van der Waals surface area contributed by atoms with Crippen molar-refractivity contribution in [3.05, 3.63) is 40.8 Å². The minimum absolute atomic E-state index is 0.173. The summed E-state index contributed by atoms with van der Waals surface area (Å²) in [6.07, 6.45) is 1.70. The van der Waals surface area contributed by atoms with Crippen molar-refractivity contribution >= 4 is 22.0 Å². The molecule has 3 aromatic rings. The standard InChI is InChI=1S/C16H17N4O3S/c1-9-6-17-13(10(2)14(9)23-3)8-24(22)16-19-12-5-4-11(7-21)18-15(12)20-16/h4-6,21H,7-8H2,1-3H3/q-1. The van der Waals surface area contributed by atoms with E-state index in [1.165, 1.54) is 0 Å². The van der Waals surface area contributed by atoms with E-state index in [0.717, 1.165) is 16.9 Å². The number of ether oxygens (including phenoxy) is 1. The van der Waals surface area contributed by atoms with Gasteiger partial charge in [0.1, 0.15) is 5.75 Å². The summed E-state index contributed by atoms with van der Waals surface area (Å²) in [7, 11) is 0.159. The first-order valence-electron chi connectivity index (χ1n) is 7.32. The van der Waals surface area contributed by atoms with Crippen LogP contribution in [0.1, 0.15) is 22.5 Å². The van der Waals surface area contributed by atoms with Crippen LogP contribution >= 0.6 is 0 Å². The van der Waals surface area contributed by atoms with Gasteiger partial charge in [0.25, 0.3) is 0 Å². The largest absolute Gasteiger partial charge is 0.496 e. The van der Waals surface area contributed by atoms with Crippen molar-refractivity contribution in [1.82, 2.24) is 19.9 Å². The second kappa shape index (κ2) is 6.66. The van der Waals surface area contributed by atoms with Crippen molar-refractivity contribution in [2.75, 3.05) is 7.11 Å². The Bertz CT molecular complexity index is 923. The summed E-state index contributed by atoms with van der Waals surface area (Å²) in [5.74, 6) is 0.950. The van der Waals surface area contributed by atoms with Crippen molar-refractivity contribution in [2.24, 2.45) is 0 Å². The number of rotatable bonds is 5. The molecule has 0 amide bonds. The summed E-state index contributed by atoms with van der Waals surface area (Å²) in [4.78, 5) is 17.0. The molecular formula is C16H17N4O3S-. The van der Waals surface area contributed by atoms with Crippen LogP contribution in [0.4, 0.5) is 0 Å². The SMILES string of the molecule is COc1c(C)cnc(CS(=O)c2nc3ccc(CO)nc3[n-]2)c1C. The fraction of sp³-hybridized carbons (Fsp3) is 0.312. The molecule has 3 heterocycles. The van der Waals surface area contributed by atoms with Gasteiger partial charge in [-0.3, -0.25) is 9.19 Å². The van der Waals surface area contributed by atoms with Gasteiger partial charge in [-0.25, -0.2) is 0 Å². The number of hydrogen-bond acceptors (Lipinski definition) is 6. The number of aryl methyl sites for hydroxylation is 1. The van der Waals surface area contributed by atoms with E-state index in [4.69, 9.17) is 9.84 Å². The number of aliphatic hydroxyl groups is 1. The van der Waals surface area contributed by atoms with Gasteiger partial charge < -0.3 is 24.8 Å². The molecule has 0 fully saturated rings. The lowest BCUT2D eigenvalue weighted by molar-refractivity contribution is 0.277. The highest BCUT2D eigenvalue weighted by molar-refractivity contribution is 7.84. The molecule has 0 aliphatic heterocycles. The Morgan fingerprint density at radius 3 is 2.79 bits per heavy atom. The van der Waals surface area contributed by atoms with E-state index in [1.807, 2.05) is 13.8 Å². The van der Waals surface area contributed by atoms with Crippen LogP contribution in [-0.4, -0.2) is 31.4 Å².